The van der Waals surface area contributed by atoms with E-state index in [4.69, 9.17) is 21.1 Å². The van der Waals surface area contributed by atoms with E-state index in [0.29, 0.717) is 0 Å². The monoisotopic (exact) mass is 440 g/mol. The van der Waals surface area contributed by atoms with Gasteiger partial charge in [-0.15, -0.1) is 0 Å². The molecule has 6 nitrogen and oxygen atoms in total. The van der Waals surface area contributed by atoms with Crippen molar-refractivity contribution in [2.45, 2.75) is 0 Å². The fourth-order valence-corrected chi connectivity index (χ4v) is 3.21. The number of nitrogens with zero attached hydrogens (tertiary/aromatic N) is 2. The summed E-state index contributed by atoms with van der Waals surface area (Å²) >= 11 is 9.00. The first-order valence-electron chi connectivity index (χ1n) is 6.99. The molecule has 0 saturated carbocycles. The van der Waals surface area contributed by atoms with Crippen LogP contribution in [0.4, 0.5) is 10.1 Å². The van der Waals surface area contributed by atoms with E-state index in [1.807, 2.05) is 0 Å². The molecule has 0 bridgehead atoms. The summed E-state index contributed by atoms with van der Waals surface area (Å²) in [6.45, 7) is 0. The third kappa shape index (κ3) is 3.49. The molecule has 0 N–H and O–H groups in total. The van der Waals surface area contributed by atoms with E-state index < -0.39 is 23.3 Å². The van der Waals surface area contributed by atoms with Crippen LogP contribution >= 0.6 is 27.5 Å². The average Bonchev–Trinajstić information content (AvgIpc) is 2.85. The largest absolute Gasteiger partial charge is 0.465 e. The van der Waals surface area contributed by atoms with Gasteiger partial charge in [0.25, 0.3) is 0 Å². The van der Waals surface area contributed by atoms with Crippen molar-refractivity contribution in [2.24, 2.45) is 0 Å². The molecular formula is C17H11BrClFN2O4. The van der Waals surface area contributed by atoms with Gasteiger partial charge in [0.05, 0.1) is 30.5 Å². The number of ether oxygens (including phenoxy) is 2. The lowest BCUT2D eigenvalue weighted by Gasteiger charge is -2.25. The van der Waals surface area contributed by atoms with Crippen LogP contribution in [0.25, 0.3) is 0 Å². The standard InChI is InChI=1S/C17H11BrClFN2O4/c1-25-16(23)9-5-3-4-6-22(15(9)17(24)26-2)14-10(8-21)13(20)12(19)7-11(14)18/h3-7H,1-2H3. The number of allylic oxidation sites excluding steroid dienone is 2. The SMILES string of the molecule is COC(=O)C1=C(C(=O)OC)N(c2c(Br)cc(Cl)c(F)c2C#N)C=CC=C1. The van der Waals surface area contributed by atoms with E-state index in [-0.39, 0.29) is 26.5 Å². The molecule has 0 fully saturated rings. The maximum absolute atomic E-state index is 14.4. The highest BCUT2D eigenvalue weighted by Crippen LogP contribution is 2.39. The topological polar surface area (TPSA) is 79.6 Å². The minimum Gasteiger partial charge on any atom is -0.465 e. The van der Waals surface area contributed by atoms with Gasteiger partial charge in [-0.2, -0.15) is 5.26 Å². The van der Waals surface area contributed by atoms with E-state index in [1.54, 1.807) is 6.07 Å². The van der Waals surface area contributed by atoms with Crippen LogP contribution < -0.4 is 4.90 Å². The van der Waals surface area contributed by atoms with Gasteiger partial charge in [-0.1, -0.05) is 17.7 Å². The predicted octanol–water partition coefficient (Wildman–Crippen LogP) is 3.60. The minimum atomic E-state index is -0.957. The van der Waals surface area contributed by atoms with Crippen LogP contribution in [0.1, 0.15) is 5.56 Å². The number of esters is 2. The van der Waals surface area contributed by atoms with Crippen LogP contribution in [0.2, 0.25) is 5.02 Å². The van der Waals surface area contributed by atoms with E-state index in [0.717, 1.165) is 14.2 Å². The molecule has 26 heavy (non-hydrogen) atoms. The number of hydrogen-bond acceptors (Lipinski definition) is 6. The highest BCUT2D eigenvalue weighted by Gasteiger charge is 2.31. The summed E-state index contributed by atoms with van der Waals surface area (Å²) in [4.78, 5) is 25.7. The minimum absolute atomic E-state index is 0.0175. The zero-order valence-corrected chi connectivity index (χ0v) is 15.9. The first-order chi connectivity index (χ1) is 12.4. The van der Waals surface area contributed by atoms with Crippen molar-refractivity contribution in [3.05, 3.63) is 62.6 Å². The molecule has 1 aromatic carbocycles. The van der Waals surface area contributed by atoms with Gasteiger partial charge in [0.1, 0.15) is 17.3 Å². The van der Waals surface area contributed by atoms with Crippen LogP contribution in [0.3, 0.4) is 0 Å². The zero-order valence-electron chi connectivity index (χ0n) is 13.5. The van der Waals surface area contributed by atoms with E-state index in [2.05, 4.69) is 15.9 Å². The van der Waals surface area contributed by atoms with Crippen LogP contribution in [-0.4, -0.2) is 26.2 Å². The summed E-state index contributed by atoms with van der Waals surface area (Å²) in [5, 5.41) is 9.12. The normalized spacial score (nSPS) is 13.3. The third-order valence-electron chi connectivity index (χ3n) is 3.39. The fraction of sp³-hybridized carbons (Fsp3) is 0.118. The Bertz CT molecular complexity index is 918. The number of hydrogen-bond donors (Lipinski definition) is 0. The first kappa shape index (κ1) is 19.7. The number of methoxy groups -OCH3 is 2. The second kappa shape index (κ2) is 8.17. The van der Waals surface area contributed by atoms with Gasteiger partial charge in [0.15, 0.2) is 5.82 Å². The fourth-order valence-electron chi connectivity index (χ4n) is 2.26. The zero-order chi connectivity index (χ0) is 19.4. The van der Waals surface area contributed by atoms with E-state index in [1.165, 1.54) is 35.4 Å². The van der Waals surface area contributed by atoms with Crippen molar-refractivity contribution in [3.8, 4) is 6.07 Å². The molecule has 134 valence electrons. The molecule has 0 spiro atoms. The Morgan fingerprint density at radius 1 is 1.27 bits per heavy atom. The van der Waals surface area contributed by atoms with Gasteiger partial charge in [-0.05, 0) is 34.1 Å². The summed E-state index contributed by atoms with van der Waals surface area (Å²) in [6, 6.07) is 2.96. The van der Waals surface area contributed by atoms with Crippen molar-refractivity contribution >= 4 is 45.2 Å². The Morgan fingerprint density at radius 2 is 1.92 bits per heavy atom. The Morgan fingerprint density at radius 3 is 2.50 bits per heavy atom. The number of carbonyl (C=O) groups excluding carboxylic acids is 2. The number of anilines is 1. The number of rotatable bonds is 3. The Labute approximate surface area is 161 Å². The molecule has 1 heterocycles. The highest BCUT2D eigenvalue weighted by atomic mass is 79.9. The van der Waals surface area contributed by atoms with Crippen molar-refractivity contribution < 1.29 is 23.5 Å². The molecule has 0 saturated heterocycles. The summed E-state index contributed by atoms with van der Waals surface area (Å²) < 4.78 is 24.1. The van der Waals surface area contributed by atoms with Crippen molar-refractivity contribution in [2.75, 3.05) is 19.1 Å². The molecule has 1 aliphatic heterocycles. The van der Waals surface area contributed by atoms with Crippen molar-refractivity contribution in [1.29, 1.82) is 5.26 Å². The van der Waals surface area contributed by atoms with Crippen LogP contribution in [0.5, 0.6) is 0 Å². The molecule has 2 rings (SSSR count). The molecule has 0 radical (unpaired) electrons. The van der Waals surface area contributed by atoms with Gasteiger partial charge in [-0.3, -0.25) is 0 Å². The first-order valence-corrected chi connectivity index (χ1v) is 8.17. The quantitative estimate of drug-likeness (QED) is 0.527. The van der Waals surface area contributed by atoms with Crippen LogP contribution in [0, 0.1) is 17.1 Å². The highest BCUT2D eigenvalue weighted by molar-refractivity contribution is 9.10. The van der Waals surface area contributed by atoms with Crippen molar-refractivity contribution in [3.63, 3.8) is 0 Å². The molecule has 0 aliphatic carbocycles. The summed E-state index contributed by atoms with van der Waals surface area (Å²) in [7, 11) is 2.28. The maximum atomic E-state index is 14.4. The maximum Gasteiger partial charge on any atom is 0.355 e. The summed E-state index contributed by atoms with van der Waals surface area (Å²) in [6.07, 6.45) is 5.72. The smallest absolute Gasteiger partial charge is 0.355 e. The molecule has 0 amide bonds. The van der Waals surface area contributed by atoms with Gasteiger partial charge in [0, 0.05) is 10.7 Å². The second-order valence-electron chi connectivity index (χ2n) is 4.81. The summed E-state index contributed by atoms with van der Waals surface area (Å²) in [5.41, 5.74) is -0.809. The lowest BCUT2D eigenvalue weighted by molar-refractivity contribution is -0.139. The van der Waals surface area contributed by atoms with Gasteiger partial charge in [-0.25, -0.2) is 14.0 Å². The number of carbonyl (C=O) groups is 2. The molecule has 0 unspecified atom stereocenters. The Balaban J connectivity index is 2.87. The lowest BCUT2D eigenvalue weighted by atomic mass is 10.1. The van der Waals surface area contributed by atoms with Crippen LogP contribution in [0.15, 0.2) is 46.2 Å². The van der Waals surface area contributed by atoms with Gasteiger partial charge < -0.3 is 14.4 Å². The molecule has 9 heteroatoms. The van der Waals surface area contributed by atoms with E-state index >= 15 is 0 Å². The number of benzene rings is 1. The van der Waals surface area contributed by atoms with Gasteiger partial charge >= 0.3 is 11.9 Å². The van der Waals surface area contributed by atoms with E-state index in [9.17, 15) is 19.2 Å². The molecule has 0 atom stereocenters. The van der Waals surface area contributed by atoms with Gasteiger partial charge in [0.2, 0.25) is 0 Å². The Kier molecular flexibility index (Phi) is 6.18. The second-order valence-corrected chi connectivity index (χ2v) is 6.07. The van der Waals surface area contributed by atoms with Crippen molar-refractivity contribution in [1.82, 2.24) is 0 Å². The average molecular weight is 442 g/mol. The lowest BCUT2D eigenvalue weighted by Crippen LogP contribution is -2.28. The molecule has 1 aromatic rings. The van der Waals surface area contributed by atoms with Crippen LogP contribution in [-0.2, 0) is 19.1 Å². The predicted molar refractivity (Wildman–Crippen MR) is 95.6 cm³/mol. The molecule has 0 aromatic heterocycles. The molecular weight excluding hydrogens is 431 g/mol. The third-order valence-corrected chi connectivity index (χ3v) is 4.27. The Hall–Kier alpha value is -2.63. The molecule has 1 aliphatic rings. The number of halogens is 3. The number of nitriles is 1. The summed E-state index contributed by atoms with van der Waals surface area (Å²) in [5.74, 6) is -2.64.